The van der Waals surface area contributed by atoms with Crippen molar-refractivity contribution in [1.29, 1.82) is 0 Å². The normalized spacial score (nSPS) is 15.2. The van der Waals surface area contributed by atoms with E-state index < -0.39 is 0 Å². The first kappa shape index (κ1) is 15.1. The molecule has 0 aliphatic carbocycles. The van der Waals surface area contributed by atoms with Gasteiger partial charge in [0, 0.05) is 11.3 Å². The van der Waals surface area contributed by atoms with Gasteiger partial charge in [-0.25, -0.2) is 4.79 Å². The highest BCUT2D eigenvalue weighted by Gasteiger charge is 2.23. The van der Waals surface area contributed by atoms with Crippen molar-refractivity contribution in [2.75, 3.05) is 18.1 Å². The molecule has 2 amide bonds. The van der Waals surface area contributed by atoms with Gasteiger partial charge in [-0.05, 0) is 36.8 Å². The molecule has 0 saturated carbocycles. The molecule has 1 heterocycles. The van der Waals surface area contributed by atoms with Crippen LogP contribution in [-0.2, 0) is 4.74 Å². The topological polar surface area (TPSA) is 58.6 Å². The number of carbonyl (C=O) groups is 2. The van der Waals surface area contributed by atoms with E-state index in [0.717, 1.165) is 11.3 Å². The fourth-order valence-corrected chi connectivity index (χ4v) is 2.53. The lowest BCUT2D eigenvalue weighted by Gasteiger charge is -2.15. The average molecular weight is 310 g/mol. The third-order valence-corrected chi connectivity index (χ3v) is 3.85. The van der Waals surface area contributed by atoms with E-state index >= 15 is 0 Å². The van der Waals surface area contributed by atoms with Crippen LogP contribution in [0.3, 0.4) is 0 Å². The van der Waals surface area contributed by atoms with E-state index in [4.69, 9.17) is 4.74 Å². The van der Waals surface area contributed by atoms with Gasteiger partial charge in [-0.2, -0.15) is 0 Å². The zero-order valence-electron chi connectivity index (χ0n) is 12.9. The summed E-state index contributed by atoms with van der Waals surface area (Å²) in [4.78, 5) is 25.4. The Hall–Kier alpha value is -2.82. The maximum Gasteiger partial charge on any atom is 0.414 e. The summed E-state index contributed by atoms with van der Waals surface area (Å²) < 4.78 is 4.91. The highest BCUT2D eigenvalue weighted by Crippen LogP contribution is 2.20. The minimum Gasteiger partial charge on any atom is -0.447 e. The van der Waals surface area contributed by atoms with Gasteiger partial charge in [-0.1, -0.05) is 30.3 Å². The van der Waals surface area contributed by atoms with E-state index in [0.29, 0.717) is 18.7 Å². The number of anilines is 1. The van der Waals surface area contributed by atoms with Crippen molar-refractivity contribution >= 4 is 17.7 Å². The zero-order valence-corrected chi connectivity index (χ0v) is 12.9. The van der Waals surface area contributed by atoms with Crippen molar-refractivity contribution in [1.82, 2.24) is 5.32 Å². The predicted molar refractivity (Wildman–Crippen MR) is 87.5 cm³/mol. The average Bonchev–Trinajstić information content (AvgIpc) is 3.02. The summed E-state index contributed by atoms with van der Waals surface area (Å²) in [5.41, 5.74) is 2.35. The molecule has 3 rings (SSSR count). The van der Waals surface area contributed by atoms with Crippen LogP contribution in [0.1, 0.15) is 28.9 Å². The zero-order chi connectivity index (χ0) is 16.2. The number of nitrogens with one attached hydrogen (secondary N) is 1. The molecule has 5 nitrogen and oxygen atoms in total. The first-order chi connectivity index (χ1) is 11.1. The summed E-state index contributed by atoms with van der Waals surface area (Å²) in [6, 6.07) is 16.7. The fraction of sp³-hybridized carbons (Fsp3) is 0.222. The van der Waals surface area contributed by atoms with Gasteiger partial charge < -0.3 is 10.1 Å². The van der Waals surface area contributed by atoms with Crippen molar-refractivity contribution in [3.05, 3.63) is 65.7 Å². The second kappa shape index (κ2) is 6.52. The number of benzene rings is 2. The minimum atomic E-state index is -0.347. The van der Waals surface area contributed by atoms with Crippen LogP contribution in [0.2, 0.25) is 0 Å². The number of hydrogen-bond donors (Lipinski definition) is 1. The van der Waals surface area contributed by atoms with E-state index in [1.807, 2.05) is 37.3 Å². The third-order valence-electron chi connectivity index (χ3n) is 3.85. The second-order valence-corrected chi connectivity index (χ2v) is 5.42. The largest absolute Gasteiger partial charge is 0.447 e. The summed E-state index contributed by atoms with van der Waals surface area (Å²) in [7, 11) is 0. The molecule has 1 fully saturated rings. The summed E-state index contributed by atoms with van der Waals surface area (Å²) in [6.07, 6.45) is -0.347. The van der Waals surface area contributed by atoms with E-state index in [1.165, 1.54) is 0 Å². The molecule has 0 aromatic heterocycles. The lowest BCUT2D eigenvalue weighted by Crippen LogP contribution is -2.27. The minimum absolute atomic E-state index is 0.0723. The van der Waals surface area contributed by atoms with Crippen LogP contribution in [0.15, 0.2) is 54.6 Å². The first-order valence-corrected chi connectivity index (χ1v) is 7.55. The summed E-state index contributed by atoms with van der Waals surface area (Å²) >= 11 is 0. The van der Waals surface area contributed by atoms with Gasteiger partial charge in [0.1, 0.15) is 6.61 Å². The molecule has 23 heavy (non-hydrogen) atoms. The lowest BCUT2D eigenvalue weighted by molar-refractivity contribution is 0.0940. The van der Waals surface area contributed by atoms with Gasteiger partial charge in [0.05, 0.1) is 12.6 Å². The first-order valence-electron chi connectivity index (χ1n) is 7.55. The van der Waals surface area contributed by atoms with Crippen molar-refractivity contribution < 1.29 is 14.3 Å². The smallest absolute Gasteiger partial charge is 0.414 e. The SMILES string of the molecule is C[C@H](NC(=O)c1ccc(N2CCOC2=O)cc1)c1ccccc1. The highest BCUT2D eigenvalue weighted by molar-refractivity contribution is 5.95. The van der Waals surface area contributed by atoms with Gasteiger partial charge in [0.25, 0.3) is 5.91 Å². The number of cyclic esters (lactones) is 1. The number of amides is 2. The van der Waals surface area contributed by atoms with Crippen LogP contribution >= 0.6 is 0 Å². The van der Waals surface area contributed by atoms with Gasteiger partial charge in [0.15, 0.2) is 0 Å². The van der Waals surface area contributed by atoms with E-state index in [9.17, 15) is 9.59 Å². The van der Waals surface area contributed by atoms with Gasteiger partial charge in [0.2, 0.25) is 0 Å². The number of hydrogen-bond acceptors (Lipinski definition) is 3. The molecule has 0 spiro atoms. The van der Waals surface area contributed by atoms with Crippen molar-refractivity contribution in [3.8, 4) is 0 Å². The Bertz CT molecular complexity index is 698. The Morgan fingerprint density at radius 3 is 2.43 bits per heavy atom. The molecular formula is C18H18N2O3. The Kier molecular flexibility index (Phi) is 4.28. The van der Waals surface area contributed by atoms with Crippen molar-refractivity contribution in [3.63, 3.8) is 0 Å². The molecule has 0 unspecified atom stereocenters. The van der Waals surface area contributed by atoms with Gasteiger partial charge in [-0.3, -0.25) is 9.69 Å². The fourth-order valence-electron chi connectivity index (χ4n) is 2.53. The number of rotatable bonds is 4. The van der Waals surface area contributed by atoms with Crippen LogP contribution in [0, 0.1) is 0 Å². The van der Waals surface area contributed by atoms with Crippen molar-refractivity contribution in [2.45, 2.75) is 13.0 Å². The molecule has 1 aliphatic rings. The lowest BCUT2D eigenvalue weighted by atomic mass is 10.1. The number of ether oxygens (including phenoxy) is 1. The summed E-state index contributed by atoms with van der Waals surface area (Å²) in [6.45, 7) is 2.88. The van der Waals surface area contributed by atoms with Gasteiger partial charge >= 0.3 is 6.09 Å². The van der Waals surface area contributed by atoms with Crippen LogP contribution in [0.25, 0.3) is 0 Å². The molecule has 5 heteroatoms. The molecule has 2 aromatic rings. The Morgan fingerprint density at radius 2 is 1.83 bits per heavy atom. The monoisotopic (exact) mass is 310 g/mol. The Labute approximate surface area is 134 Å². The molecule has 2 aromatic carbocycles. The third kappa shape index (κ3) is 3.34. The molecule has 1 atom stereocenters. The van der Waals surface area contributed by atoms with E-state index in [-0.39, 0.29) is 18.0 Å². The van der Waals surface area contributed by atoms with E-state index in [2.05, 4.69) is 5.32 Å². The quantitative estimate of drug-likeness (QED) is 0.944. The molecule has 0 radical (unpaired) electrons. The van der Waals surface area contributed by atoms with Crippen LogP contribution in [-0.4, -0.2) is 25.2 Å². The molecule has 1 N–H and O–H groups in total. The maximum atomic E-state index is 12.3. The van der Waals surface area contributed by atoms with Crippen molar-refractivity contribution in [2.24, 2.45) is 0 Å². The molecule has 0 bridgehead atoms. The summed E-state index contributed by atoms with van der Waals surface area (Å²) in [5.74, 6) is -0.142. The van der Waals surface area contributed by atoms with E-state index in [1.54, 1.807) is 29.2 Å². The predicted octanol–water partition coefficient (Wildman–Crippen LogP) is 3.13. The summed E-state index contributed by atoms with van der Waals surface area (Å²) in [5, 5.41) is 2.97. The molecule has 1 saturated heterocycles. The second-order valence-electron chi connectivity index (χ2n) is 5.42. The number of nitrogens with zero attached hydrogens (tertiary/aromatic N) is 1. The van der Waals surface area contributed by atoms with Crippen LogP contribution in [0.4, 0.5) is 10.5 Å². The standard InChI is InChI=1S/C18H18N2O3/c1-13(14-5-3-2-4-6-14)19-17(21)15-7-9-16(10-8-15)20-11-12-23-18(20)22/h2-10,13H,11-12H2,1H3,(H,19,21)/t13-/m0/s1. The maximum absolute atomic E-state index is 12.3. The number of carbonyl (C=O) groups excluding carboxylic acids is 2. The Balaban J connectivity index is 1.67. The molecule has 118 valence electrons. The Morgan fingerprint density at radius 1 is 1.13 bits per heavy atom. The highest BCUT2D eigenvalue weighted by atomic mass is 16.6. The van der Waals surface area contributed by atoms with Gasteiger partial charge in [-0.15, -0.1) is 0 Å². The van der Waals surface area contributed by atoms with Crippen LogP contribution < -0.4 is 10.2 Å². The molecule has 1 aliphatic heterocycles. The van der Waals surface area contributed by atoms with Crippen LogP contribution in [0.5, 0.6) is 0 Å². The molecular weight excluding hydrogens is 292 g/mol.